The third-order valence-electron chi connectivity index (χ3n) is 4.28. The van der Waals surface area contributed by atoms with E-state index >= 15 is 0 Å². The number of carbonyl (C=O) groups is 1. The molecule has 0 unspecified atom stereocenters. The average molecular weight is 386 g/mol. The second kappa shape index (κ2) is 8.30. The third-order valence-corrected chi connectivity index (χ3v) is 4.28. The average Bonchev–Trinajstić information content (AvgIpc) is 3.23. The van der Waals surface area contributed by atoms with E-state index in [0.29, 0.717) is 23.8 Å². The Morgan fingerprint density at radius 3 is 2.79 bits per heavy atom. The van der Waals surface area contributed by atoms with Crippen LogP contribution in [0.1, 0.15) is 22.0 Å². The van der Waals surface area contributed by atoms with Crippen molar-refractivity contribution in [3.63, 3.8) is 0 Å². The van der Waals surface area contributed by atoms with E-state index in [1.54, 1.807) is 31.8 Å². The highest BCUT2D eigenvalue weighted by molar-refractivity contribution is 6.01. The number of rotatable bonds is 6. The molecule has 0 aliphatic heterocycles. The topological polar surface area (TPSA) is 106 Å². The van der Waals surface area contributed by atoms with Crippen molar-refractivity contribution in [1.29, 1.82) is 0 Å². The molecule has 1 amide bonds. The predicted molar refractivity (Wildman–Crippen MR) is 108 cm³/mol. The van der Waals surface area contributed by atoms with Crippen molar-refractivity contribution < 1.29 is 9.53 Å². The van der Waals surface area contributed by atoms with Crippen LogP contribution in [-0.2, 0) is 6.42 Å². The molecule has 0 saturated heterocycles. The number of aromatic nitrogens is 5. The molecule has 0 aliphatic rings. The zero-order valence-electron chi connectivity index (χ0n) is 15.7. The van der Waals surface area contributed by atoms with Gasteiger partial charge in [0.15, 0.2) is 0 Å². The number of H-pyrrole nitrogens is 1. The molecule has 1 aromatic carbocycles. The van der Waals surface area contributed by atoms with Gasteiger partial charge in [-0.1, -0.05) is 30.3 Å². The van der Waals surface area contributed by atoms with Crippen molar-refractivity contribution >= 4 is 11.7 Å². The Hall–Kier alpha value is -4.07. The summed E-state index contributed by atoms with van der Waals surface area (Å²) in [6, 6.07) is 15.3. The van der Waals surface area contributed by atoms with Gasteiger partial charge in [0.25, 0.3) is 5.91 Å². The zero-order chi connectivity index (χ0) is 20.1. The number of ether oxygens (including phenoxy) is 1. The first kappa shape index (κ1) is 18.3. The number of nitrogens with one attached hydrogen (secondary N) is 2. The Morgan fingerprint density at radius 2 is 1.97 bits per heavy atom. The van der Waals surface area contributed by atoms with Crippen molar-refractivity contribution in [2.45, 2.75) is 6.42 Å². The molecule has 8 nitrogen and oxygen atoms in total. The van der Waals surface area contributed by atoms with Crippen LogP contribution >= 0.6 is 0 Å². The van der Waals surface area contributed by atoms with Crippen LogP contribution in [-0.4, -0.2) is 38.2 Å². The van der Waals surface area contributed by atoms with E-state index in [-0.39, 0.29) is 5.82 Å². The van der Waals surface area contributed by atoms with Gasteiger partial charge in [0.2, 0.25) is 5.82 Å². The number of carbonyl (C=O) groups excluding carboxylic acids is 1. The summed E-state index contributed by atoms with van der Waals surface area (Å²) in [5, 5.41) is 10.7. The molecule has 0 radical (unpaired) electrons. The fraction of sp³-hybridized carbons (Fsp3) is 0.0952. The molecular formula is C21H18N6O2. The van der Waals surface area contributed by atoms with Crippen molar-refractivity contribution in [1.82, 2.24) is 25.1 Å². The Bertz CT molecular complexity index is 1130. The Kier molecular flexibility index (Phi) is 5.24. The first-order valence-corrected chi connectivity index (χ1v) is 8.94. The van der Waals surface area contributed by atoms with Crippen LogP contribution in [0.5, 0.6) is 5.75 Å². The number of amides is 1. The van der Waals surface area contributed by atoms with Crippen LogP contribution in [0.3, 0.4) is 0 Å². The zero-order valence-corrected chi connectivity index (χ0v) is 15.7. The molecule has 0 atom stereocenters. The maximum atomic E-state index is 12.5. The van der Waals surface area contributed by atoms with Crippen molar-refractivity contribution in [2.75, 3.05) is 12.4 Å². The van der Waals surface area contributed by atoms with Crippen molar-refractivity contribution in [3.05, 3.63) is 84.3 Å². The minimum absolute atomic E-state index is 0.129. The maximum Gasteiger partial charge on any atom is 0.294 e. The van der Waals surface area contributed by atoms with Gasteiger partial charge in [-0.2, -0.15) is 0 Å². The standard InChI is InChI=1S/C21H18N6O2/c1-29-17-13-22-9-8-16(17)15-7-10-23-18(12-15)25-21(28)20-24-19(26-27-20)11-14-5-3-2-4-6-14/h2-10,12-13H,11H2,1H3,(H,23,25,28)(H,24,26,27). The van der Waals surface area contributed by atoms with Gasteiger partial charge >= 0.3 is 0 Å². The normalized spacial score (nSPS) is 10.5. The van der Waals surface area contributed by atoms with Crippen LogP contribution in [0.4, 0.5) is 5.82 Å². The summed E-state index contributed by atoms with van der Waals surface area (Å²) < 4.78 is 5.35. The lowest BCUT2D eigenvalue weighted by atomic mass is 10.1. The van der Waals surface area contributed by atoms with Gasteiger partial charge in [-0.15, -0.1) is 10.2 Å². The van der Waals surface area contributed by atoms with E-state index in [9.17, 15) is 4.79 Å². The summed E-state index contributed by atoms with van der Waals surface area (Å²) in [5.41, 5.74) is 2.78. The smallest absolute Gasteiger partial charge is 0.294 e. The fourth-order valence-electron chi connectivity index (χ4n) is 2.89. The number of anilines is 1. The van der Waals surface area contributed by atoms with E-state index in [0.717, 1.165) is 16.7 Å². The third kappa shape index (κ3) is 4.27. The summed E-state index contributed by atoms with van der Waals surface area (Å²) in [7, 11) is 1.58. The highest BCUT2D eigenvalue weighted by Crippen LogP contribution is 2.29. The van der Waals surface area contributed by atoms with Crippen molar-refractivity contribution in [2.24, 2.45) is 0 Å². The van der Waals surface area contributed by atoms with E-state index in [1.807, 2.05) is 42.5 Å². The minimum Gasteiger partial charge on any atom is -0.494 e. The molecule has 4 rings (SSSR count). The SMILES string of the molecule is COc1cnccc1-c1ccnc(NC(=O)c2nnc(Cc3ccccc3)[nH]2)c1. The first-order valence-electron chi connectivity index (χ1n) is 8.94. The second-order valence-electron chi connectivity index (χ2n) is 6.24. The van der Waals surface area contributed by atoms with E-state index in [2.05, 4.69) is 30.5 Å². The van der Waals surface area contributed by atoms with Gasteiger partial charge in [-0.3, -0.25) is 9.78 Å². The highest BCUT2D eigenvalue weighted by atomic mass is 16.5. The quantitative estimate of drug-likeness (QED) is 0.527. The number of benzene rings is 1. The van der Waals surface area contributed by atoms with E-state index in [4.69, 9.17) is 4.74 Å². The summed E-state index contributed by atoms with van der Waals surface area (Å²) in [6.45, 7) is 0. The van der Waals surface area contributed by atoms with Crippen LogP contribution in [0.2, 0.25) is 0 Å². The fourth-order valence-corrected chi connectivity index (χ4v) is 2.89. The maximum absolute atomic E-state index is 12.5. The number of pyridine rings is 2. The monoisotopic (exact) mass is 386 g/mol. The molecule has 0 bridgehead atoms. The lowest BCUT2D eigenvalue weighted by Gasteiger charge is -2.09. The number of hydrogen-bond acceptors (Lipinski definition) is 6. The van der Waals surface area contributed by atoms with Gasteiger partial charge in [0.1, 0.15) is 17.4 Å². The van der Waals surface area contributed by atoms with E-state index in [1.165, 1.54) is 0 Å². The van der Waals surface area contributed by atoms with Gasteiger partial charge in [0.05, 0.1) is 13.3 Å². The number of methoxy groups -OCH3 is 1. The lowest BCUT2D eigenvalue weighted by molar-refractivity contribution is 0.101. The number of hydrogen-bond donors (Lipinski definition) is 2. The summed E-state index contributed by atoms with van der Waals surface area (Å²) in [5.74, 6) is 1.36. The van der Waals surface area contributed by atoms with Crippen LogP contribution < -0.4 is 10.1 Å². The molecule has 2 N–H and O–H groups in total. The lowest BCUT2D eigenvalue weighted by Crippen LogP contribution is -2.14. The molecule has 0 saturated carbocycles. The van der Waals surface area contributed by atoms with Crippen molar-refractivity contribution in [3.8, 4) is 16.9 Å². The molecule has 8 heteroatoms. The van der Waals surface area contributed by atoms with Gasteiger partial charge in [-0.25, -0.2) is 4.98 Å². The Morgan fingerprint density at radius 1 is 1.10 bits per heavy atom. The Labute approximate surface area is 167 Å². The van der Waals surface area contributed by atoms with Crippen LogP contribution in [0.25, 0.3) is 11.1 Å². The molecule has 0 aliphatic carbocycles. The molecule has 0 spiro atoms. The summed E-state index contributed by atoms with van der Waals surface area (Å²) in [4.78, 5) is 23.8. The largest absolute Gasteiger partial charge is 0.494 e. The van der Waals surface area contributed by atoms with Crippen LogP contribution in [0, 0.1) is 0 Å². The molecular weight excluding hydrogens is 368 g/mol. The van der Waals surface area contributed by atoms with Gasteiger partial charge in [0, 0.05) is 24.4 Å². The highest BCUT2D eigenvalue weighted by Gasteiger charge is 2.14. The molecule has 144 valence electrons. The molecule has 0 fully saturated rings. The van der Waals surface area contributed by atoms with Gasteiger partial charge < -0.3 is 15.0 Å². The number of aromatic amines is 1. The molecule has 29 heavy (non-hydrogen) atoms. The minimum atomic E-state index is -0.414. The first-order chi connectivity index (χ1) is 14.2. The molecule has 3 heterocycles. The summed E-state index contributed by atoms with van der Waals surface area (Å²) in [6.07, 6.45) is 5.50. The van der Waals surface area contributed by atoms with Gasteiger partial charge in [-0.05, 0) is 29.3 Å². The van der Waals surface area contributed by atoms with E-state index < -0.39 is 5.91 Å². The number of nitrogens with zero attached hydrogens (tertiary/aromatic N) is 4. The van der Waals surface area contributed by atoms with Crippen LogP contribution in [0.15, 0.2) is 67.1 Å². The molecule has 3 aromatic heterocycles. The predicted octanol–water partition coefficient (Wildman–Crippen LogP) is 3.11. The summed E-state index contributed by atoms with van der Waals surface area (Å²) >= 11 is 0. The molecule has 4 aromatic rings. The Balaban J connectivity index is 1.49. The second-order valence-corrected chi connectivity index (χ2v) is 6.24.